The molecule has 1 N–H and O–H groups in total. The van der Waals surface area contributed by atoms with Gasteiger partial charge in [0, 0.05) is 13.0 Å². The topological polar surface area (TPSA) is 66.5 Å². The number of rotatable bonds is 3. The monoisotopic (exact) mass is 184 g/mol. The molecule has 0 aromatic rings. The molecule has 1 unspecified atom stereocenters. The van der Waals surface area contributed by atoms with Gasteiger partial charge in [-0.25, -0.2) is 4.79 Å². The van der Waals surface area contributed by atoms with Crippen LogP contribution in [0.1, 0.15) is 20.3 Å². The van der Waals surface area contributed by atoms with Crippen molar-refractivity contribution in [3.8, 4) is 0 Å². The summed E-state index contributed by atoms with van der Waals surface area (Å²) in [7, 11) is 0. The van der Waals surface area contributed by atoms with Crippen LogP contribution in [0.25, 0.3) is 0 Å². The molecule has 1 atom stereocenters. The Bertz CT molecular complexity index is 262. The Kier molecular flexibility index (Phi) is 2.65. The van der Waals surface area contributed by atoms with E-state index in [1.54, 1.807) is 6.92 Å². The Morgan fingerprint density at radius 3 is 2.54 bits per heavy atom. The zero-order chi connectivity index (χ0) is 10.0. The van der Waals surface area contributed by atoms with Crippen molar-refractivity contribution in [3.63, 3.8) is 0 Å². The molecule has 1 fully saturated rings. The third-order valence-corrected chi connectivity index (χ3v) is 2.04. The number of hydrogen-bond acceptors (Lipinski definition) is 3. The molecule has 1 saturated heterocycles. The van der Waals surface area contributed by atoms with Crippen molar-refractivity contribution < 1.29 is 14.4 Å². The van der Waals surface area contributed by atoms with Gasteiger partial charge in [0.1, 0.15) is 11.8 Å². The number of nitrogens with zero attached hydrogens (tertiary/aromatic N) is 1. The fraction of sp³-hybridized carbons (Fsp3) is 0.625. The van der Waals surface area contributed by atoms with Gasteiger partial charge >= 0.3 is 6.03 Å². The molecular weight excluding hydrogens is 172 g/mol. The van der Waals surface area contributed by atoms with Crippen molar-refractivity contribution in [2.75, 3.05) is 6.54 Å². The number of amides is 3. The van der Waals surface area contributed by atoms with E-state index in [9.17, 15) is 14.4 Å². The first-order valence-electron chi connectivity index (χ1n) is 4.13. The van der Waals surface area contributed by atoms with Gasteiger partial charge in [0.05, 0.1) is 0 Å². The summed E-state index contributed by atoms with van der Waals surface area (Å²) in [6, 6.07) is -0.856. The molecule has 3 amide bonds. The molecule has 0 saturated carbocycles. The number of carbonyl (C=O) groups is 3. The molecular formula is C8H12N2O3. The number of ketones is 1. The molecule has 72 valence electrons. The lowest BCUT2D eigenvalue weighted by molar-refractivity contribution is -0.121. The molecule has 1 aliphatic heterocycles. The molecule has 0 radical (unpaired) electrons. The third-order valence-electron chi connectivity index (χ3n) is 2.04. The van der Waals surface area contributed by atoms with Crippen LogP contribution in [0.4, 0.5) is 4.79 Å². The molecule has 5 heteroatoms. The standard InChI is InChI=1S/C8H12N2O3/c1-5(11)3-4-10-6(2)7(12)9-8(10)13/h6H,3-4H2,1-2H3,(H,9,12,13). The van der Waals surface area contributed by atoms with Crippen molar-refractivity contribution in [1.82, 2.24) is 10.2 Å². The van der Waals surface area contributed by atoms with Crippen LogP contribution < -0.4 is 5.32 Å². The number of urea groups is 1. The van der Waals surface area contributed by atoms with Crippen LogP contribution in [0, 0.1) is 0 Å². The zero-order valence-electron chi connectivity index (χ0n) is 7.66. The normalized spacial score (nSPS) is 22.0. The van der Waals surface area contributed by atoms with Gasteiger partial charge in [-0.1, -0.05) is 0 Å². The summed E-state index contributed by atoms with van der Waals surface area (Å²) in [5.74, 6) is -0.284. The van der Waals surface area contributed by atoms with Gasteiger partial charge in [-0.15, -0.1) is 0 Å². The minimum absolute atomic E-state index is 0.0133. The fourth-order valence-electron chi connectivity index (χ4n) is 1.17. The first-order valence-corrected chi connectivity index (χ1v) is 4.13. The minimum atomic E-state index is -0.452. The second kappa shape index (κ2) is 3.55. The van der Waals surface area contributed by atoms with Crippen molar-refractivity contribution >= 4 is 17.7 Å². The predicted octanol–water partition coefficient (Wildman–Crippen LogP) is -0.0942. The lowest BCUT2D eigenvalue weighted by Crippen LogP contribution is -2.34. The molecule has 1 heterocycles. The van der Waals surface area contributed by atoms with Gasteiger partial charge < -0.3 is 4.90 Å². The first kappa shape index (κ1) is 9.70. The smallest absolute Gasteiger partial charge is 0.312 e. The Labute approximate surface area is 76.1 Å². The SMILES string of the molecule is CC(=O)CCN1C(=O)NC(=O)C1C. The molecule has 0 aromatic heterocycles. The van der Waals surface area contributed by atoms with Crippen LogP contribution in [0.5, 0.6) is 0 Å². The van der Waals surface area contributed by atoms with Gasteiger partial charge in [-0.05, 0) is 13.8 Å². The summed E-state index contributed by atoms with van der Waals surface area (Å²) in [4.78, 5) is 34.1. The molecule has 0 aromatic carbocycles. The van der Waals surface area contributed by atoms with Crippen LogP contribution in [0.2, 0.25) is 0 Å². The van der Waals surface area contributed by atoms with Crippen molar-refractivity contribution in [1.29, 1.82) is 0 Å². The molecule has 13 heavy (non-hydrogen) atoms. The lowest BCUT2D eigenvalue weighted by Gasteiger charge is -2.16. The van der Waals surface area contributed by atoms with E-state index >= 15 is 0 Å². The maximum absolute atomic E-state index is 11.1. The number of carbonyl (C=O) groups excluding carboxylic acids is 3. The predicted molar refractivity (Wildman–Crippen MR) is 45.0 cm³/mol. The Balaban J connectivity index is 2.54. The van der Waals surface area contributed by atoms with Crippen LogP contribution in [0.3, 0.4) is 0 Å². The van der Waals surface area contributed by atoms with E-state index in [0.29, 0.717) is 13.0 Å². The highest BCUT2D eigenvalue weighted by Gasteiger charge is 2.34. The van der Waals surface area contributed by atoms with Gasteiger partial charge in [0.25, 0.3) is 5.91 Å². The van der Waals surface area contributed by atoms with E-state index in [4.69, 9.17) is 0 Å². The lowest BCUT2D eigenvalue weighted by atomic mass is 10.2. The van der Waals surface area contributed by atoms with E-state index < -0.39 is 12.1 Å². The van der Waals surface area contributed by atoms with E-state index in [0.717, 1.165) is 0 Å². The van der Waals surface area contributed by atoms with Gasteiger partial charge in [0.2, 0.25) is 0 Å². The second-order valence-corrected chi connectivity index (χ2v) is 3.12. The average molecular weight is 184 g/mol. The quantitative estimate of drug-likeness (QED) is 0.623. The third kappa shape index (κ3) is 2.05. The van der Waals surface area contributed by atoms with E-state index in [-0.39, 0.29) is 11.7 Å². The van der Waals surface area contributed by atoms with Crippen LogP contribution in [0.15, 0.2) is 0 Å². The van der Waals surface area contributed by atoms with Crippen LogP contribution in [-0.2, 0) is 9.59 Å². The molecule has 1 aliphatic rings. The summed E-state index contributed by atoms with van der Waals surface area (Å²) in [5.41, 5.74) is 0. The minimum Gasteiger partial charge on any atom is -0.312 e. The molecule has 5 nitrogen and oxygen atoms in total. The number of hydrogen-bond donors (Lipinski definition) is 1. The van der Waals surface area contributed by atoms with Gasteiger partial charge in [0.15, 0.2) is 0 Å². The zero-order valence-corrected chi connectivity index (χ0v) is 7.66. The second-order valence-electron chi connectivity index (χ2n) is 3.12. The molecule has 0 bridgehead atoms. The van der Waals surface area contributed by atoms with Crippen LogP contribution >= 0.6 is 0 Å². The summed E-state index contributed by atoms with van der Waals surface area (Å²) in [6.07, 6.45) is 0.297. The Morgan fingerprint density at radius 2 is 2.15 bits per heavy atom. The van der Waals surface area contributed by atoms with E-state index in [2.05, 4.69) is 5.32 Å². The van der Waals surface area contributed by atoms with Crippen molar-refractivity contribution in [2.45, 2.75) is 26.3 Å². The molecule has 1 rings (SSSR count). The van der Waals surface area contributed by atoms with Gasteiger partial charge in [-0.3, -0.25) is 14.9 Å². The van der Waals surface area contributed by atoms with Crippen molar-refractivity contribution in [3.05, 3.63) is 0 Å². The summed E-state index contributed by atoms with van der Waals surface area (Å²) < 4.78 is 0. The van der Waals surface area contributed by atoms with E-state index in [1.165, 1.54) is 11.8 Å². The Hall–Kier alpha value is -1.39. The highest BCUT2D eigenvalue weighted by molar-refractivity contribution is 6.04. The maximum atomic E-state index is 11.1. The summed E-state index contributed by atoms with van der Waals surface area (Å²) in [5, 5.41) is 2.18. The highest BCUT2D eigenvalue weighted by atomic mass is 16.2. The largest absolute Gasteiger partial charge is 0.324 e. The summed E-state index contributed by atoms with van der Waals surface area (Å²) in [6.45, 7) is 3.41. The highest BCUT2D eigenvalue weighted by Crippen LogP contribution is 2.08. The van der Waals surface area contributed by atoms with Crippen LogP contribution in [-0.4, -0.2) is 35.2 Å². The molecule has 0 spiro atoms. The molecule has 0 aliphatic carbocycles. The Morgan fingerprint density at radius 1 is 1.54 bits per heavy atom. The summed E-state index contributed by atoms with van der Waals surface area (Å²) >= 11 is 0. The van der Waals surface area contributed by atoms with Gasteiger partial charge in [-0.2, -0.15) is 0 Å². The number of nitrogens with one attached hydrogen (secondary N) is 1. The maximum Gasteiger partial charge on any atom is 0.324 e. The number of imide groups is 1. The van der Waals surface area contributed by atoms with E-state index in [1.807, 2.05) is 0 Å². The average Bonchev–Trinajstić information content (AvgIpc) is 2.24. The number of Topliss-reactive ketones (excluding diaryl/α,β-unsaturated/α-hetero) is 1. The first-order chi connectivity index (χ1) is 6.02. The van der Waals surface area contributed by atoms with Crippen molar-refractivity contribution in [2.24, 2.45) is 0 Å². The fourth-order valence-corrected chi connectivity index (χ4v) is 1.17.